The van der Waals surface area contributed by atoms with Crippen LogP contribution in [0.1, 0.15) is 34.5 Å². The Labute approximate surface area is 175 Å². The van der Waals surface area contributed by atoms with Crippen LogP contribution in [-0.4, -0.2) is 33.3 Å². The Bertz CT molecular complexity index is 1180. The molecule has 1 heterocycles. The molecule has 0 aliphatic heterocycles. The Kier molecular flexibility index (Phi) is 5.39. The molecule has 0 saturated carbocycles. The van der Waals surface area contributed by atoms with Crippen LogP contribution in [0.15, 0.2) is 72.8 Å². The van der Waals surface area contributed by atoms with Crippen LogP contribution in [0.4, 0.5) is 0 Å². The second-order valence-corrected chi connectivity index (χ2v) is 7.08. The molecule has 1 atom stereocenters. The highest BCUT2D eigenvalue weighted by molar-refractivity contribution is 5.90. The van der Waals surface area contributed by atoms with Crippen LogP contribution in [0.5, 0.6) is 0 Å². The number of aromatic nitrogens is 4. The van der Waals surface area contributed by atoms with Crippen molar-refractivity contribution in [1.29, 1.82) is 0 Å². The molecule has 0 aliphatic carbocycles. The van der Waals surface area contributed by atoms with Gasteiger partial charge in [-0.05, 0) is 53.4 Å². The summed E-state index contributed by atoms with van der Waals surface area (Å²) in [6.45, 7) is 4.14. The molecule has 4 aromatic rings. The van der Waals surface area contributed by atoms with Gasteiger partial charge in [-0.15, -0.1) is 10.2 Å². The Balaban J connectivity index is 1.68. The predicted molar refractivity (Wildman–Crippen MR) is 115 cm³/mol. The Morgan fingerprint density at radius 2 is 1.60 bits per heavy atom. The highest BCUT2D eigenvalue weighted by atomic mass is 16.5. The van der Waals surface area contributed by atoms with Crippen LogP contribution in [0.25, 0.3) is 22.5 Å². The number of rotatable bonds is 5. The molecular weight excluding hydrogens is 376 g/mol. The van der Waals surface area contributed by atoms with Crippen molar-refractivity contribution < 1.29 is 9.53 Å². The van der Waals surface area contributed by atoms with E-state index in [4.69, 9.17) is 4.74 Å². The van der Waals surface area contributed by atoms with Gasteiger partial charge in [0.15, 0.2) is 0 Å². The molecule has 0 aliphatic rings. The summed E-state index contributed by atoms with van der Waals surface area (Å²) in [7, 11) is 1.37. The summed E-state index contributed by atoms with van der Waals surface area (Å²) in [5.74, 6) is 0.202. The van der Waals surface area contributed by atoms with E-state index in [1.807, 2.05) is 48.5 Å². The maximum atomic E-state index is 11.7. The van der Waals surface area contributed by atoms with Crippen molar-refractivity contribution in [2.24, 2.45) is 0 Å². The van der Waals surface area contributed by atoms with Crippen molar-refractivity contribution in [1.82, 2.24) is 20.2 Å². The molecule has 1 unspecified atom stereocenters. The molecule has 6 nitrogen and oxygen atoms in total. The van der Waals surface area contributed by atoms with Gasteiger partial charge in [-0.2, -0.15) is 4.80 Å². The third-order valence-corrected chi connectivity index (χ3v) is 5.20. The molecule has 0 spiro atoms. The van der Waals surface area contributed by atoms with Gasteiger partial charge in [-0.1, -0.05) is 60.7 Å². The van der Waals surface area contributed by atoms with E-state index in [0.29, 0.717) is 11.4 Å². The highest BCUT2D eigenvalue weighted by Gasteiger charge is 2.17. The van der Waals surface area contributed by atoms with Crippen LogP contribution >= 0.6 is 0 Å². The third-order valence-electron chi connectivity index (χ3n) is 5.20. The number of esters is 1. The molecule has 1 aromatic heterocycles. The van der Waals surface area contributed by atoms with Gasteiger partial charge in [0.1, 0.15) is 0 Å². The van der Waals surface area contributed by atoms with Crippen molar-refractivity contribution in [3.05, 3.63) is 89.5 Å². The van der Waals surface area contributed by atoms with Gasteiger partial charge in [0, 0.05) is 5.56 Å². The second-order valence-electron chi connectivity index (χ2n) is 7.08. The topological polar surface area (TPSA) is 69.9 Å². The minimum atomic E-state index is -0.357. The minimum Gasteiger partial charge on any atom is -0.465 e. The largest absolute Gasteiger partial charge is 0.465 e. The van der Waals surface area contributed by atoms with E-state index in [0.717, 1.165) is 22.3 Å². The molecule has 0 radical (unpaired) electrons. The van der Waals surface area contributed by atoms with Crippen LogP contribution in [-0.2, 0) is 4.74 Å². The maximum absolute atomic E-state index is 11.7. The minimum absolute atomic E-state index is 0.0287. The van der Waals surface area contributed by atoms with E-state index >= 15 is 0 Å². The molecule has 0 bridgehead atoms. The molecular formula is C24H22N4O2. The number of tetrazole rings is 1. The average molecular weight is 398 g/mol. The first-order chi connectivity index (χ1) is 14.6. The number of carbonyl (C=O) groups is 1. The average Bonchev–Trinajstić information content (AvgIpc) is 3.29. The number of carbonyl (C=O) groups excluding carboxylic acids is 1. The molecule has 0 amide bonds. The first-order valence-corrected chi connectivity index (χ1v) is 9.71. The number of methoxy groups -OCH3 is 1. The number of nitrogens with zero attached hydrogens (tertiary/aromatic N) is 4. The fraction of sp³-hybridized carbons (Fsp3) is 0.167. The van der Waals surface area contributed by atoms with Gasteiger partial charge >= 0.3 is 5.97 Å². The molecule has 4 rings (SSSR count). The first kappa shape index (κ1) is 19.5. The fourth-order valence-electron chi connectivity index (χ4n) is 3.51. The monoisotopic (exact) mass is 398 g/mol. The van der Waals surface area contributed by atoms with Crippen LogP contribution in [0.3, 0.4) is 0 Å². The zero-order valence-electron chi connectivity index (χ0n) is 17.1. The normalized spacial score (nSPS) is 11.8. The summed E-state index contributed by atoms with van der Waals surface area (Å²) in [6, 6.07) is 23.4. The summed E-state index contributed by atoms with van der Waals surface area (Å²) in [6.07, 6.45) is 0. The lowest BCUT2D eigenvalue weighted by molar-refractivity contribution is 0.0601. The summed E-state index contributed by atoms with van der Waals surface area (Å²) >= 11 is 0. The van der Waals surface area contributed by atoms with Gasteiger partial charge in [0.25, 0.3) is 0 Å². The van der Waals surface area contributed by atoms with E-state index in [-0.39, 0.29) is 12.0 Å². The zero-order valence-corrected chi connectivity index (χ0v) is 17.1. The van der Waals surface area contributed by atoms with Crippen LogP contribution < -0.4 is 0 Å². The fourth-order valence-corrected chi connectivity index (χ4v) is 3.51. The van der Waals surface area contributed by atoms with E-state index in [9.17, 15) is 4.79 Å². The summed E-state index contributed by atoms with van der Waals surface area (Å²) in [5.41, 5.74) is 5.67. The van der Waals surface area contributed by atoms with E-state index < -0.39 is 0 Å². The Morgan fingerprint density at radius 1 is 0.933 bits per heavy atom. The van der Waals surface area contributed by atoms with E-state index in [1.54, 1.807) is 16.9 Å². The molecule has 3 aromatic carbocycles. The molecule has 0 saturated heterocycles. The zero-order chi connectivity index (χ0) is 21.1. The Morgan fingerprint density at radius 3 is 2.30 bits per heavy atom. The SMILES string of the molecule is COC(=O)c1ccc(-c2ccccc2-c2nnn(C(C)c3ccccc3C)n2)cc1. The highest BCUT2D eigenvalue weighted by Crippen LogP contribution is 2.30. The number of aryl methyl sites for hydroxylation is 1. The third kappa shape index (κ3) is 3.72. The standard InChI is InChI=1S/C24H22N4O2/c1-16-8-4-5-9-20(16)17(2)28-26-23(25-27-28)22-11-7-6-10-21(22)18-12-14-19(15-13-18)24(29)30-3/h4-15,17H,1-3H3. The lowest BCUT2D eigenvalue weighted by atomic mass is 9.98. The number of ether oxygens (including phenoxy) is 1. The van der Waals surface area contributed by atoms with Crippen molar-refractivity contribution in [2.75, 3.05) is 7.11 Å². The van der Waals surface area contributed by atoms with E-state index in [2.05, 4.69) is 41.4 Å². The molecule has 0 N–H and O–H groups in total. The van der Waals surface area contributed by atoms with Crippen LogP contribution in [0, 0.1) is 6.92 Å². The summed E-state index contributed by atoms with van der Waals surface area (Å²) < 4.78 is 4.77. The van der Waals surface area contributed by atoms with Gasteiger partial charge in [-0.3, -0.25) is 0 Å². The summed E-state index contributed by atoms with van der Waals surface area (Å²) in [5, 5.41) is 13.3. The number of benzene rings is 3. The van der Waals surface area contributed by atoms with Crippen molar-refractivity contribution in [2.45, 2.75) is 19.9 Å². The number of hydrogen-bond acceptors (Lipinski definition) is 5. The quantitative estimate of drug-likeness (QED) is 0.455. The lowest BCUT2D eigenvalue weighted by Gasteiger charge is -2.12. The Hall–Kier alpha value is -3.80. The molecule has 30 heavy (non-hydrogen) atoms. The smallest absolute Gasteiger partial charge is 0.337 e. The van der Waals surface area contributed by atoms with Crippen molar-refractivity contribution in [3.63, 3.8) is 0 Å². The molecule has 150 valence electrons. The first-order valence-electron chi connectivity index (χ1n) is 9.71. The molecule has 6 heteroatoms. The van der Waals surface area contributed by atoms with Crippen molar-refractivity contribution >= 4 is 5.97 Å². The van der Waals surface area contributed by atoms with Gasteiger partial charge in [0.05, 0.1) is 18.7 Å². The maximum Gasteiger partial charge on any atom is 0.337 e. The summed E-state index contributed by atoms with van der Waals surface area (Å²) in [4.78, 5) is 13.4. The number of hydrogen-bond donors (Lipinski definition) is 0. The molecule has 0 fully saturated rings. The van der Waals surface area contributed by atoms with Crippen molar-refractivity contribution in [3.8, 4) is 22.5 Å². The predicted octanol–water partition coefficient (Wildman–Crippen LogP) is 4.71. The van der Waals surface area contributed by atoms with Gasteiger partial charge in [-0.25, -0.2) is 4.79 Å². The van der Waals surface area contributed by atoms with Crippen LogP contribution in [0.2, 0.25) is 0 Å². The van der Waals surface area contributed by atoms with Gasteiger partial charge in [0.2, 0.25) is 5.82 Å². The van der Waals surface area contributed by atoms with E-state index in [1.165, 1.54) is 12.7 Å². The van der Waals surface area contributed by atoms with Gasteiger partial charge < -0.3 is 4.74 Å². The second kappa shape index (κ2) is 8.29. The lowest BCUT2D eigenvalue weighted by Crippen LogP contribution is -2.11.